The Kier molecular flexibility index (Phi) is 5.19. The molecule has 0 heterocycles. The molecule has 4 bridgehead atoms. The second-order valence-corrected chi connectivity index (χ2v) is 11.2. The molecule has 2 N–H and O–H groups in total. The van der Waals surface area contributed by atoms with Crippen LogP contribution in [0.3, 0.4) is 0 Å². The van der Waals surface area contributed by atoms with Crippen LogP contribution in [0.15, 0.2) is 35.3 Å². The maximum Gasteiger partial charge on any atom is 0.109 e. The fourth-order valence-electron chi connectivity index (χ4n) is 7.90. The van der Waals surface area contributed by atoms with E-state index in [2.05, 4.69) is 43.5 Å². The van der Waals surface area contributed by atoms with Crippen LogP contribution in [0.1, 0.15) is 76.7 Å². The zero-order chi connectivity index (χ0) is 20.1. The van der Waals surface area contributed by atoms with Crippen LogP contribution in [-0.4, -0.2) is 17.2 Å². The molecule has 5 aliphatic carbocycles. The molecular formula is C26H36N2S. The maximum absolute atomic E-state index is 6.09. The number of hydrogen-bond acceptors (Lipinski definition) is 2. The third-order valence-electron chi connectivity index (χ3n) is 9.03. The van der Waals surface area contributed by atoms with E-state index in [4.69, 9.17) is 22.9 Å². The number of aliphatic imine (C=N–C) groups is 1. The van der Waals surface area contributed by atoms with Gasteiger partial charge >= 0.3 is 0 Å². The van der Waals surface area contributed by atoms with Crippen molar-refractivity contribution >= 4 is 23.4 Å². The van der Waals surface area contributed by atoms with Crippen LogP contribution in [0.4, 0.5) is 0 Å². The number of nitrogens with two attached hydrogens (primary N) is 1. The summed E-state index contributed by atoms with van der Waals surface area (Å²) in [6.07, 6.45) is 14.7. The molecular weight excluding hydrogens is 372 g/mol. The van der Waals surface area contributed by atoms with E-state index >= 15 is 0 Å². The molecule has 5 aliphatic rings. The predicted octanol–water partition coefficient (Wildman–Crippen LogP) is 6.08. The van der Waals surface area contributed by atoms with Gasteiger partial charge in [0.15, 0.2) is 0 Å². The van der Waals surface area contributed by atoms with Gasteiger partial charge in [-0.3, -0.25) is 4.99 Å². The Bertz CT molecular complexity index is 761. The van der Waals surface area contributed by atoms with Gasteiger partial charge in [-0.25, -0.2) is 0 Å². The summed E-state index contributed by atoms with van der Waals surface area (Å²) in [7, 11) is 0. The molecule has 2 nitrogen and oxygen atoms in total. The molecule has 1 aromatic carbocycles. The molecule has 0 amide bonds. The van der Waals surface area contributed by atoms with Crippen molar-refractivity contribution in [1.82, 2.24) is 0 Å². The fourth-order valence-corrected chi connectivity index (χ4v) is 8.20. The molecule has 2 atom stereocenters. The van der Waals surface area contributed by atoms with Crippen LogP contribution in [-0.2, 0) is 5.41 Å². The zero-order valence-corrected chi connectivity index (χ0v) is 18.7. The van der Waals surface area contributed by atoms with Crippen molar-refractivity contribution in [3.8, 4) is 0 Å². The molecule has 0 saturated heterocycles. The third kappa shape index (κ3) is 3.43. The van der Waals surface area contributed by atoms with Crippen LogP contribution >= 0.6 is 12.2 Å². The van der Waals surface area contributed by atoms with Crippen molar-refractivity contribution in [3.05, 3.63) is 35.9 Å². The van der Waals surface area contributed by atoms with Crippen molar-refractivity contribution in [1.29, 1.82) is 0 Å². The second-order valence-electron chi connectivity index (χ2n) is 10.8. The summed E-state index contributed by atoms with van der Waals surface area (Å²) >= 11 is 6.09. The normalized spacial score (nSPS) is 43.7. The summed E-state index contributed by atoms with van der Waals surface area (Å²) in [6, 6.07) is 11.7. The highest BCUT2D eigenvalue weighted by Crippen LogP contribution is 2.68. The first-order valence-electron chi connectivity index (χ1n) is 11.9. The lowest BCUT2D eigenvalue weighted by atomic mass is 9.40. The minimum absolute atomic E-state index is 0.157. The van der Waals surface area contributed by atoms with Gasteiger partial charge in [0.25, 0.3) is 0 Å². The first-order valence-corrected chi connectivity index (χ1v) is 12.3. The quantitative estimate of drug-likeness (QED) is 0.484. The van der Waals surface area contributed by atoms with Crippen LogP contribution in [0.25, 0.3) is 0 Å². The van der Waals surface area contributed by atoms with E-state index in [1.165, 1.54) is 51.4 Å². The molecule has 2 unspecified atom stereocenters. The number of nitrogens with zero attached hydrogens (tertiary/aromatic N) is 1. The molecule has 3 heteroatoms. The number of benzene rings is 1. The third-order valence-corrected chi connectivity index (χ3v) is 9.57. The van der Waals surface area contributed by atoms with Gasteiger partial charge in [0.1, 0.15) is 4.99 Å². The monoisotopic (exact) mass is 408 g/mol. The Labute approximate surface area is 181 Å². The Balaban J connectivity index is 1.41. The highest BCUT2D eigenvalue weighted by molar-refractivity contribution is 7.80. The summed E-state index contributed by atoms with van der Waals surface area (Å²) in [5.74, 6) is 3.12. The molecule has 5 fully saturated rings. The van der Waals surface area contributed by atoms with Gasteiger partial charge in [-0.2, -0.15) is 0 Å². The Morgan fingerprint density at radius 3 is 2.34 bits per heavy atom. The average molecular weight is 409 g/mol. The maximum atomic E-state index is 6.09. The van der Waals surface area contributed by atoms with E-state index in [1.54, 1.807) is 5.56 Å². The summed E-state index contributed by atoms with van der Waals surface area (Å²) in [4.78, 5) is 6.03. The van der Waals surface area contributed by atoms with Crippen LogP contribution in [0.5, 0.6) is 0 Å². The van der Waals surface area contributed by atoms with Gasteiger partial charge in [0.2, 0.25) is 0 Å². The van der Waals surface area contributed by atoms with Gasteiger partial charge < -0.3 is 5.73 Å². The van der Waals surface area contributed by atoms with Gasteiger partial charge in [0.05, 0.1) is 0 Å². The summed E-state index contributed by atoms with van der Waals surface area (Å²) in [6.45, 7) is 2.40. The van der Waals surface area contributed by atoms with E-state index in [0.717, 1.165) is 35.6 Å². The lowest BCUT2D eigenvalue weighted by Crippen LogP contribution is -2.59. The topological polar surface area (TPSA) is 38.4 Å². The largest absolute Gasteiger partial charge is 0.328 e. The van der Waals surface area contributed by atoms with Crippen LogP contribution < -0.4 is 5.73 Å². The van der Waals surface area contributed by atoms with E-state index in [9.17, 15) is 0 Å². The van der Waals surface area contributed by atoms with Crippen molar-refractivity contribution in [3.63, 3.8) is 0 Å². The van der Waals surface area contributed by atoms with Gasteiger partial charge in [-0.15, -0.1) is 0 Å². The van der Waals surface area contributed by atoms with E-state index in [0.29, 0.717) is 17.4 Å². The van der Waals surface area contributed by atoms with Crippen molar-refractivity contribution in [2.45, 2.75) is 82.6 Å². The highest BCUT2D eigenvalue weighted by atomic mass is 32.1. The molecule has 5 saturated carbocycles. The molecule has 1 aromatic rings. The lowest BCUT2D eigenvalue weighted by Gasteiger charge is -2.65. The standard InChI is InChI=1S/C26H36N2S/c1-2-23-19-12-25(21-6-4-3-5-7-21)13-20(23)15-26(14-19,17-25)24(29)28-16-18-8-10-22(27)11-9-18/h3-7,16,18-20,22-23H,2,8-15,17,27H2,1H3. The summed E-state index contributed by atoms with van der Waals surface area (Å²) in [5.41, 5.74) is 8.12. The SMILES string of the molecule is CCC1C2CC3(C(=S)N=CC4CCC(N)CC4)CC1CC(c1ccccc1)(C2)C3. The second kappa shape index (κ2) is 7.57. The van der Waals surface area contributed by atoms with Crippen molar-refractivity contribution < 1.29 is 0 Å². The smallest absolute Gasteiger partial charge is 0.109 e. The molecule has 0 spiro atoms. The van der Waals surface area contributed by atoms with Crippen LogP contribution in [0.2, 0.25) is 0 Å². The minimum atomic E-state index is 0.157. The van der Waals surface area contributed by atoms with Gasteiger partial charge in [-0.05, 0) is 92.4 Å². The first-order chi connectivity index (χ1) is 14.0. The first kappa shape index (κ1) is 19.9. The van der Waals surface area contributed by atoms with E-state index in [-0.39, 0.29) is 5.41 Å². The van der Waals surface area contributed by atoms with Crippen molar-refractivity contribution in [2.75, 3.05) is 0 Å². The number of rotatable bonds is 4. The zero-order valence-electron chi connectivity index (χ0n) is 17.9. The summed E-state index contributed by atoms with van der Waals surface area (Å²) < 4.78 is 0. The molecule has 156 valence electrons. The van der Waals surface area contributed by atoms with Crippen LogP contribution in [0, 0.1) is 29.1 Å². The Morgan fingerprint density at radius 1 is 1.07 bits per heavy atom. The Morgan fingerprint density at radius 2 is 1.72 bits per heavy atom. The van der Waals surface area contributed by atoms with Gasteiger partial charge in [-0.1, -0.05) is 55.9 Å². The predicted molar refractivity (Wildman–Crippen MR) is 125 cm³/mol. The summed E-state index contributed by atoms with van der Waals surface area (Å²) in [5, 5.41) is 0. The lowest BCUT2D eigenvalue weighted by molar-refractivity contribution is -0.0813. The van der Waals surface area contributed by atoms with Gasteiger partial charge in [0, 0.05) is 17.7 Å². The molecule has 6 rings (SSSR count). The molecule has 0 aromatic heterocycles. The number of hydrogen-bond donors (Lipinski definition) is 1. The molecule has 0 radical (unpaired) electrons. The number of thiocarbonyl (C=S) groups is 1. The molecule has 0 aliphatic heterocycles. The average Bonchev–Trinajstić information content (AvgIpc) is 2.73. The van der Waals surface area contributed by atoms with E-state index < -0.39 is 0 Å². The minimum Gasteiger partial charge on any atom is -0.328 e. The van der Waals surface area contributed by atoms with E-state index in [1.807, 2.05) is 0 Å². The molecule has 29 heavy (non-hydrogen) atoms. The van der Waals surface area contributed by atoms with Crippen molar-refractivity contribution in [2.24, 2.45) is 39.8 Å². The Hall–Kier alpha value is -1.06. The highest BCUT2D eigenvalue weighted by Gasteiger charge is 2.62. The fraction of sp³-hybridized carbons (Fsp3) is 0.692.